The predicted molar refractivity (Wildman–Crippen MR) is 68.3 cm³/mol. The normalized spacial score (nSPS) is 17.6. The minimum atomic E-state index is -4.45. The van der Waals surface area contributed by atoms with Gasteiger partial charge >= 0.3 is 6.18 Å². The molecule has 1 saturated carbocycles. The first-order valence-corrected chi connectivity index (χ1v) is 6.59. The predicted octanol–water partition coefficient (Wildman–Crippen LogP) is 3.11. The van der Waals surface area contributed by atoms with Crippen LogP contribution in [-0.2, 0) is 10.9 Å². The quantitative estimate of drug-likeness (QED) is 0.874. The van der Waals surface area contributed by atoms with Crippen LogP contribution in [-0.4, -0.2) is 30.5 Å². The largest absolute Gasteiger partial charge is 0.435 e. The van der Waals surface area contributed by atoms with Gasteiger partial charge in [-0.3, -0.25) is 0 Å². The van der Waals surface area contributed by atoms with Crippen molar-refractivity contribution < 1.29 is 17.9 Å². The molecule has 0 atom stereocenters. The number of nitrogens with one attached hydrogen (secondary N) is 1. The summed E-state index contributed by atoms with van der Waals surface area (Å²) in [5.74, 6) is 0.377. The van der Waals surface area contributed by atoms with E-state index >= 15 is 0 Å². The lowest BCUT2D eigenvalue weighted by Gasteiger charge is -2.42. The number of nitrogens with zero attached hydrogens (tertiary/aromatic N) is 2. The van der Waals surface area contributed by atoms with Gasteiger partial charge in [0, 0.05) is 20.3 Å². The van der Waals surface area contributed by atoms with E-state index in [1.807, 2.05) is 0 Å². The number of methoxy groups -OCH3 is 1. The van der Waals surface area contributed by atoms with Crippen LogP contribution in [0.25, 0.3) is 0 Å². The van der Waals surface area contributed by atoms with Gasteiger partial charge in [-0.2, -0.15) is 13.2 Å². The van der Waals surface area contributed by atoms with Gasteiger partial charge in [0.25, 0.3) is 0 Å². The Hall–Kier alpha value is -1.37. The third kappa shape index (κ3) is 3.59. The first-order chi connectivity index (χ1) is 9.45. The van der Waals surface area contributed by atoms with E-state index in [9.17, 15) is 13.2 Å². The highest BCUT2D eigenvalue weighted by Gasteiger charge is 2.36. The average molecular weight is 289 g/mol. The van der Waals surface area contributed by atoms with E-state index in [0.717, 1.165) is 25.3 Å². The van der Waals surface area contributed by atoms with Crippen LogP contribution < -0.4 is 5.32 Å². The Balaban J connectivity index is 1.90. The topological polar surface area (TPSA) is 47.0 Å². The van der Waals surface area contributed by atoms with E-state index < -0.39 is 11.9 Å². The molecule has 7 heteroatoms. The Morgan fingerprint density at radius 3 is 2.50 bits per heavy atom. The SMILES string of the molecule is COCCC1(CNc2ccc(C(F)(F)F)nn2)CCC1. The van der Waals surface area contributed by atoms with Gasteiger partial charge in [-0.15, -0.1) is 10.2 Å². The van der Waals surface area contributed by atoms with E-state index in [0.29, 0.717) is 19.0 Å². The molecule has 1 aliphatic carbocycles. The summed E-state index contributed by atoms with van der Waals surface area (Å²) in [5, 5.41) is 9.85. The monoisotopic (exact) mass is 289 g/mol. The minimum absolute atomic E-state index is 0.181. The molecule has 1 aromatic heterocycles. The molecule has 0 bridgehead atoms. The molecular weight excluding hydrogens is 271 g/mol. The summed E-state index contributed by atoms with van der Waals surface area (Å²) in [6.07, 6.45) is -0.0946. The molecule has 0 saturated heterocycles. The standard InChI is InChI=1S/C13H18F3N3O/c1-20-8-7-12(5-2-6-12)9-17-11-4-3-10(18-19-11)13(14,15)16/h3-4H,2,5-9H2,1H3,(H,17,19). The Kier molecular flexibility index (Phi) is 4.47. The second-order valence-corrected chi connectivity index (χ2v) is 5.25. The molecule has 2 rings (SSSR count). The molecule has 4 nitrogen and oxygen atoms in total. The van der Waals surface area contributed by atoms with Crippen LogP contribution in [0.4, 0.5) is 19.0 Å². The molecule has 0 aliphatic heterocycles. The molecule has 20 heavy (non-hydrogen) atoms. The Labute approximate surface area is 115 Å². The zero-order valence-electron chi connectivity index (χ0n) is 11.3. The lowest BCUT2D eigenvalue weighted by molar-refractivity contribution is -0.141. The zero-order valence-corrected chi connectivity index (χ0v) is 11.3. The van der Waals surface area contributed by atoms with Crippen molar-refractivity contribution in [1.29, 1.82) is 0 Å². The van der Waals surface area contributed by atoms with Gasteiger partial charge in [0.2, 0.25) is 0 Å². The lowest BCUT2D eigenvalue weighted by Crippen LogP contribution is -2.37. The zero-order chi connectivity index (χ0) is 14.6. The fraction of sp³-hybridized carbons (Fsp3) is 0.692. The molecular formula is C13H18F3N3O. The molecule has 112 valence electrons. The van der Waals surface area contributed by atoms with Crippen molar-refractivity contribution >= 4 is 5.82 Å². The van der Waals surface area contributed by atoms with E-state index in [4.69, 9.17) is 4.74 Å². The molecule has 0 spiro atoms. The summed E-state index contributed by atoms with van der Waals surface area (Å²) in [7, 11) is 1.67. The van der Waals surface area contributed by atoms with Crippen molar-refractivity contribution in [1.82, 2.24) is 10.2 Å². The number of rotatable bonds is 6. The molecule has 0 radical (unpaired) electrons. The van der Waals surface area contributed by atoms with E-state index in [1.54, 1.807) is 7.11 Å². The van der Waals surface area contributed by atoms with E-state index in [2.05, 4.69) is 15.5 Å². The maximum atomic E-state index is 12.4. The highest BCUT2D eigenvalue weighted by Crippen LogP contribution is 2.43. The van der Waals surface area contributed by atoms with Crippen LogP contribution in [0.1, 0.15) is 31.4 Å². The third-order valence-electron chi connectivity index (χ3n) is 3.85. The summed E-state index contributed by atoms with van der Waals surface area (Å²) in [5.41, 5.74) is -0.791. The maximum Gasteiger partial charge on any atom is 0.435 e. The van der Waals surface area contributed by atoms with Crippen molar-refractivity contribution in [3.63, 3.8) is 0 Å². The van der Waals surface area contributed by atoms with Crippen LogP contribution in [0.5, 0.6) is 0 Å². The van der Waals surface area contributed by atoms with Gasteiger partial charge in [0.15, 0.2) is 5.69 Å². The van der Waals surface area contributed by atoms with Crippen molar-refractivity contribution in [2.24, 2.45) is 5.41 Å². The summed E-state index contributed by atoms with van der Waals surface area (Å²) in [4.78, 5) is 0. The molecule has 1 aromatic rings. The molecule has 1 fully saturated rings. The number of hydrogen-bond acceptors (Lipinski definition) is 4. The van der Waals surface area contributed by atoms with Gasteiger partial charge < -0.3 is 10.1 Å². The number of halogens is 3. The van der Waals surface area contributed by atoms with Crippen molar-refractivity contribution in [2.75, 3.05) is 25.6 Å². The van der Waals surface area contributed by atoms with Gasteiger partial charge in [0.1, 0.15) is 5.82 Å². The van der Waals surface area contributed by atoms with E-state index in [1.165, 1.54) is 12.5 Å². The van der Waals surface area contributed by atoms with Gasteiger partial charge in [0.05, 0.1) is 0 Å². The maximum absolute atomic E-state index is 12.4. The fourth-order valence-electron chi connectivity index (χ4n) is 2.37. The van der Waals surface area contributed by atoms with Crippen LogP contribution in [0.2, 0.25) is 0 Å². The molecule has 0 amide bonds. The Bertz CT molecular complexity index is 429. The highest BCUT2D eigenvalue weighted by molar-refractivity contribution is 5.33. The molecule has 0 unspecified atom stereocenters. The number of alkyl halides is 3. The Morgan fingerprint density at radius 1 is 1.30 bits per heavy atom. The minimum Gasteiger partial charge on any atom is -0.385 e. The number of hydrogen-bond donors (Lipinski definition) is 1. The smallest absolute Gasteiger partial charge is 0.385 e. The van der Waals surface area contributed by atoms with Gasteiger partial charge in [-0.05, 0) is 36.8 Å². The van der Waals surface area contributed by atoms with Crippen LogP contribution in [0.3, 0.4) is 0 Å². The third-order valence-corrected chi connectivity index (χ3v) is 3.85. The molecule has 1 aliphatic rings. The molecule has 1 heterocycles. The lowest BCUT2D eigenvalue weighted by atomic mass is 9.67. The van der Waals surface area contributed by atoms with Crippen molar-refractivity contribution in [2.45, 2.75) is 31.9 Å². The van der Waals surface area contributed by atoms with Gasteiger partial charge in [-0.25, -0.2) is 0 Å². The fourth-order valence-corrected chi connectivity index (χ4v) is 2.37. The average Bonchev–Trinajstić information content (AvgIpc) is 2.37. The summed E-state index contributed by atoms with van der Waals surface area (Å²) in [6, 6.07) is 2.26. The van der Waals surface area contributed by atoms with Gasteiger partial charge in [-0.1, -0.05) is 6.42 Å². The van der Waals surface area contributed by atoms with Crippen LogP contribution >= 0.6 is 0 Å². The first-order valence-electron chi connectivity index (χ1n) is 6.59. The number of anilines is 1. The van der Waals surface area contributed by atoms with Crippen LogP contribution in [0, 0.1) is 5.41 Å². The number of ether oxygens (including phenoxy) is 1. The summed E-state index contributed by atoms with van der Waals surface area (Å²) >= 11 is 0. The molecule has 0 aromatic carbocycles. The van der Waals surface area contributed by atoms with Crippen molar-refractivity contribution in [3.05, 3.63) is 17.8 Å². The second kappa shape index (κ2) is 5.95. The number of aromatic nitrogens is 2. The molecule has 1 N–H and O–H groups in total. The summed E-state index contributed by atoms with van der Waals surface area (Å²) in [6.45, 7) is 1.39. The Morgan fingerprint density at radius 2 is 2.05 bits per heavy atom. The van der Waals surface area contributed by atoms with E-state index in [-0.39, 0.29) is 5.41 Å². The second-order valence-electron chi connectivity index (χ2n) is 5.25. The first kappa shape index (κ1) is 15.0. The summed E-state index contributed by atoms with van der Waals surface area (Å²) < 4.78 is 42.2. The van der Waals surface area contributed by atoms with Crippen molar-refractivity contribution in [3.8, 4) is 0 Å². The highest BCUT2D eigenvalue weighted by atomic mass is 19.4. The van der Waals surface area contributed by atoms with Crippen LogP contribution in [0.15, 0.2) is 12.1 Å².